The molecular weight excluding hydrogens is 1180 g/mol. The minimum Gasteiger partial charge on any atom is -0.445 e. The van der Waals surface area contributed by atoms with Gasteiger partial charge in [0.2, 0.25) is 41.4 Å². The van der Waals surface area contributed by atoms with Gasteiger partial charge >= 0.3 is 12.1 Å². The molecule has 2 aromatic rings. The van der Waals surface area contributed by atoms with Crippen LogP contribution in [0.1, 0.15) is 146 Å². The second-order valence-electron chi connectivity index (χ2n) is 26.7. The highest BCUT2D eigenvalue weighted by molar-refractivity contribution is 5.98. The number of rotatable bonds is 35. The Labute approximate surface area is 546 Å². The second kappa shape index (κ2) is 36.9. The number of amides is 10. The van der Waals surface area contributed by atoms with Crippen molar-refractivity contribution in [2.24, 2.45) is 52.9 Å². The van der Waals surface area contributed by atoms with Crippen LogP contribution in [-0.4, -0.2) is 170 Å². The van der Waals surface area contributed by atoms with E-state index in [9.17, 15) is 43.2 Å². The van der Waals surface area contributed by atoms with Crippen LogP contribution in [0.5, 0.6) is 0 Å². The number of nitrogens with zero attached hydrogens (tertiary/aromatic N) is 3. The first-order valence-electron chi connectivity index (χ1n) is 32.8. The third kappa shape index (κ3) is 22.9. The van der Waals surface area contributed by atoms with Crippen LogP contribution in [-0.2, 0) is 60.8 Å². The van der Waals surface area contributed by atoms with Crippen molar-refractivity contribution >= 4 is 59.2 Å². The summed E-state index contributed by atoms with van der Waals surface area (Å²) in [5.74, 6) is -4.97. The number of anilines is 1. The normalized spacial score (nSPS) is 20.0. The number of primary amides is 1. The summed E-state index contributed by atoms with van der Waals surface area (Å²) in [5.41, 5.74) is 18.7. The molecule has 0 aromatic heterocycles. The van der Waals surface area contributed by atoms with Gasteiger partial charge in [-0.1, -0.05) is 130 Å². The van der Waals surface area contributed by atoms with Gasteiger partial charge in [-0.05, 0) is 112 Å². The summed E-state index contributed by atoms with van der Waals surface area (Å²) in [6, 6.07) is 10.5. The minimum atomic E-state index is -1.07. The predicted octanol–water partition coefficient (Wildman–Crippen LogP) is 5.93. The maximum absolute atomic E-state index is 14.8. The summed E-state index contributed by atoms with van der Waals surface area (Å²) < 4.78 is 17.8. The average molecular weight is 1290 g/mol. The second-order valence-corrected chi connectivity index (χ2v) is 26.7. The molecular formula is C68H110N12O12. The van der Waals surface area contributed by atoms with E-state index in [-0.39, 0.29) is 80.0 Å². The summed E-state index contributed by atoms with van der Waals surface area (Å²) in [4.78, 5) is 128. The molecule has 11 N–H and O–H groups in total. The molecule has 1 fully saturated rings. The van der Waals surface area contributed by atoms with Gasteiger partial charge < -0.3 is 62.1 Å². The third-order valence-corrected chi connectivity index (χ3v) is 18.1. The Morgan fingerprint density at radius 3 is 1.96 bits per heavy atom. The summed E-state index contributed by atoms with van der Waals surface area (Å²) in [6.45, 7) is 22.8. The number of likely N-dealkylation sites (tertiary alicyclic amines) is 1. The zero-order valence-electron chi connectivity index (χ0n) is 57.5. The van der Waals surface area contributed by atoms with Crippen LogP contribution in [0.15, 0.2) is 66.7 Å². The highest BCUT2D eigenvalue weighted by Gasteiger charge is 2.44. The Balaban J connectivity index is 1.39. The van der Waals surface area contributed by atoms with E-state index in [1.165, 1.54) is 19.1 Å². The van der Waals surface area contributed by atoms with Gasteiger partial charge in [0, 0.05) is 64.6 Å². The zero-order valence-corrected chi connectivity index (χ0v) is 57.5. The number of benzene rings is 2. The maximum Gasteiger partial charge on any atom is 0.410 e. The van der Waals surface area contributed by atoms with E-state index in [4.69, 9.17) is 25.7 Å². The summed E-state index contributed by atoms with van der Waals surface area (Å²) in [5, 5.41) is 14.2. The quantitative estimate of drug-likeness (QED) is 0.0220. The number of hydrogen-bond donors (Lipinski definition) is 9. The van der Waals surface area contributed by atoms with Crippen LogP contribution < -0.4 is 48.9 Å². The number of carbonyl (C=O) groups excluding carboxylic acids is 9. The van der Waals surface area contributed by atoms with Crippen molar-refractivity contribution in [1.82, 2.24) is 46.8 Å². The zero-order chi connectivity index (χ0) is 68.7. The van der Waals surface area contributed by atoms with Gasteiger partial charge in [-0.2, -0.15) is 0 Å². The van der Waals surface area contributed by atoms with E-state index < -0.39 is 107 Å². The fraction of sp³-hybridized carbons (Fsp3) is 0.662. The SMILES string of the molecule is CC[C@H](C)[C@@H]([C@@H](CC(=O)N1CCC[C@H]1[C@H](OC)[C@@H](C)C(=O)N[C@H](C)Cc1ccccc1)OC)N(C)C(=O)[C@@H](NC(=O)[C@H](C(C)C)N(C)C(=O)OCc1ccc(NC(=O)[C@H](CCCNC(N)=O)NC(=O)[C@@H](NNC(=O)C(C)C2C=CC(C)(N)CC2)C(C)C)cc1)C(C)C. The molecule has 1 heterocycles. The fourth-order valence-electron chi connectivity index (χ4n) is 12.3. The summed E-state index contributed by atoms with van der Waals surface area (Å²) >= 11 is 0. The van der Waals surface area contributed by atoms with Crippen molar-refractivity contribution in [1.29, 1.82) is 0 Å². The number of methoxy groups -OCH3 is 2. The lowest BCUT2D eigenvalue weighted by atomic mass is 9.79. The van der Waals surface area contributed by atoms with Crippen LogP contribution in [0.2, 0.25) is 0 Å². The Morgan fingerprint density at radius 1 is 0.739 bits per heavy atom. The summed E-state index contributed by atoms with van der Waals surface area (Å²) in [6.07, 6.45) is 6.28. The molecule has 0 bridgehead atoms. The average Bonchev–Trinajstić information content (AvgIpc) is 1.37. The van der Waals surface area contributed by atoms with Crippen LogP contribution in [0.25, 0.3) is 0 Å². The van der Waals surface area contributed by atoms with E-state index in [2.05, 4.69) is 37.4 Å². The lowest BCUT2D eigenvalue weighted by molar-refractivity contribution is -0.148. The van der Waals surface area contributed by atoms with Gasteiger partial charge in [0.15, 0.2) is 0 Å². The lowest BCUT2D eigenvalue weighted by Crippen LogP contribution is -2.60. The Bertz CT molecular complexity index is 2770. The van der Waals surface area contributed by atoms with Crippen molar-refractivity contribution in [3.8, 4) is 0 Å². The molecule has 0 radical (unpaired) electrons. The van der Waals surface area contributed by atoms with E-state index in [0.29, 0.717) is 37.1 Å². The first-order chi connectivity index (χ1) is 43.4. The molecule has 2 aromatic carbocycles. The van der Waals surface area contributed by atoms with Crippen LogP contribution in [0.3, 0.4) is 0 Å². The van der Waals surface area contributed by atoms with Crippen molar-refractivity contribution < 1.29 is 57.4 Å². The van der Waals surface area contributed by atoms with Gasteiger partial charge in [-0.15, -0.1) is 0 Å². The van der Waals surface area contributed by atoms with Crippen LogP contribution in [0, 0.1) is 41.4 Å². The molecule has 24 nitrogen and oxygen atoms in total. The molecule has 10 amide bonds. The summed E-state index contributed by atoms with van der Waals surface area (Å²) in [7, 11) is 6.20. The van der Waals surface area contributed by atoms with Gasteiger partial charge in [-0.25, -0.2) is 15.0 Å². The molecule has 14 atom stereocenters. The topological polar surface area (TPSA) is 327 Å². The van der Waals surface area contributed by atoms with Crippen molar-refractivity contribution in [3.63, 3.8) is 0 Å². The molecule has 0 saturated carbocycles. The largest absolute Gasteiger partial charge is 0.445 e. The Morgan fingerprint density at radius 2 is 1.39 bits per heavy atom. The predicted molar refractivity (Wildman–Crippen MR) is 355 cm³/mol. The van der Waals surface area contributed by atoms with Crippen molar-refractivity contribution in [3.05, 3.63) is 77.9 Å². The molecule has 0 spiro atoms. The molecule has 92 heavy (non-hydrogen) atoms. The molecule has 4 rings (SSSR count). The minimum absolute atomic E-state index is 0.0285. The first kappa shape index (κ1) is 77.3. The lowest BCUT2D eigenvalue weighted by Gasteiger charge is -2.41. The van der Waals surface area contributed by atoms with E-state index in [1.807, 2.05) is 97.9 Å². The van der Waals surface area contributed by atoms with Crippen LogP contribution in [0.4, 0.5) is 15.3 Å². The van der Waals surface area contributed by atoms with Gasteiger partial charge in [0.25, 0.3) is 0 Å². The van der Waals surface area contributed by atoms with Crippen LogP contribution >= 0.6 is 0 Å². The number of allylic oxidation sites excluding steroid dienone is 1. The number of hydrogen-bond acceptors (Lipinski definition) is 14. The molecule has 514 valence electrons. The number of nitrogens with two attached hydrogens (primary N) is 2. The number of urea groups is 1. The van der Waals surface area contributed by atoms with Crippen molar-refractivity contribution in [2.75, 3.05) is 46.7 Å². The molecule has 1 aliphatic carbocycles. The fourth-order valence-corrected chi connectivity index (χ4v) is 12.3. The van der Waals surface area contributed by atoms with E-state index >= 15 is 0 Å². The van der Waals surface area contributed by atoms with Gasteiger partial charge in [-0.3, -0.25) is 43.9 Å². The first-order valence-corrected chi connectivity index (χ1v) is 32.8. The third-order valence-electron chi connectivity index (χ3n) is 18.1. The smallest absolute Gasteiger partial charge is 0.410 e. The highest BCUT2D eigenvalue weighted by Crippen LogP contribution is 2.31. The Hall–Kier alpha value is -7.15. The standard InChI is InChI=1S/C68H110N12O12/c1-17-43(8)58(53(90-15)38-54(81)80-36-22-26-52(80)59(91-16)46(11)60(82)72-44(9)37-47-23-19-18-20-24-47)78(13)65(87)56(41(4)5)75-64(86)57(42(6)7)79(14)67(89)92-39-48-27-29-50(30-28-48)73-62(84)51(25-21-35-71-66(69)88)74-63(85)55(40(2)3)76-77-61(83)45(10)49-31-33-68(12,70)34-32-49/h18-20,23-24,27-31,33,40-46,49,51-53,55-59,76H,17,21-22,25-26,32,34-39,70H2,1-16H3,(H,72,82)(H,73,84)(H,74,85)(H,75,86)(H,77,83)(H3,69,71,88)/t43-,44+,45?,46+,49?,51-,52-,53+,55-,56-,57-,58-,59+,68?/m0/s1. The Kier molecular flexibility index (Phi) is 31.0. The van der Waals surface area contributed by atoms with Gasteiger partial charge in [0.1, 0.15) is 30.8 Å². The molecule has 24 heteroatoms. The molecule has 1 saturated heterocycles. The number of nitrogens with one attached hydrogen (secondary N) is 7. The van der Waals surface area contributed by atoms with Gasteiger partial charge in [0.05, 0.1) is 36.6 Å². The van der Waals surface area contributed by atoms with Crippen molar-refractivity contribution in [2.45, 2.75) is 208 Å². The number of ether oxygens (including phenoxy) is 3. The molecule has 3 unspecified atom stereocenters. The van der Waals surface area contributed by atoms with E-state index in [1.54, 1.807) is 75.9 Å². The molecule has 2 aliphatic rings. The van der Waals surface area contributed by atoms with E-state index in [0.717, 1.165) is 24.8 Å². The number of likely N-dealkylation sites (N-methyl/N-ethyl adjacent to an activating group) is 2. The highest BCUT2D eigenvalue weighted by atomic mass is 16.6. The monoisotopic (exact) mass is 1290 g/mol. The number of hydrazine groups is 1. The maximum atomic E-state index is 14.8. The number of carbonyl (C=O) groups is 9. The molecule has 1 aliphatic heterocycles.